The molecule has 0 aromatic rings. The summed E-state index contributed by atoms with van der Waals surface area (Å²) in [6, 6.07) is 0.627. The van der Waals surface area contributed by atoms with Crippen LogP contribution in [0.3, 0.4) is 0 Å². The summed E-state index contributed by atoms with van der Waals surface area (Å²) in [7, 11) is 0. The Morgan fingerprint density at radius 1 is 1.48 bits per heavy atom. The van der Waals surface area contributed by atoms with Crippen molar-refractivity contribution in [3.05, 3.63) is 0 Å². The summed E-state index contributed by atoms with van der Waals surface area (Å²) in [5.41, 5.74) is 0. The molecule has 0 aromatic heterocycles. The third-order valence-corrected chi connectivity index (χ3v) is 4.63. The lowest BCUT2D eigenvalue weighted by Crippen LogP contribution is -2.47. The van der Waals surface area contributed by atoms with E-state index in [4.69, 9.17) is 0 Å². The topological polar surface area (TPSA) is 64.9 Å². The maximum absolute atomic E-state index is 12.3. The summed E-state index contributed by atoms with van der Waals surface area (Å²) in [5.74, 6) is 0.190. The van der Waals surface area contributed by atoms with Gasteiger partial charge in [-0.15, -0.1) is 0 Å². The second-order valence-electron chi connectivity index (χ2n) is 6.28. The Labute approximate surface area is 127 Å². The molecule has 2 N–H and O–H groups in total. The van der Waals surface area contributed by atoms with Crippen LogP contribution < -0.4 is 5.32 Å². The van der Waals surface area contributed by atoms with Crippen molar-refractivity contribution in [1.82, 2.24) is 10.2 Å². The fourth-order valence-corrected chi connectivity index (χ4v) is 3.46. The van der Waals surface area contributed by atoms with Crippen LogP contribution in [0.25, 0.3) is 0 Å². The predicted molar refractivity (Wildman–Crippen MR) is 84.6 cm³/mol. The van der Waals surface area contributed by atoms with Crippen molar-refractivity contribution in [3.8, 4) is 0 Å². The molecule has 0 radical (unpaired) electrons. The zero-order valence-electron chi connectivity index (χ0n) is 13.3. The maximum Gasteiger partial charge on any atom is 0.153 e. The zero-order valence-corrected chi connectivity index (χ0v) is 13.3. The van der Waals surface area contributed by atoms with Crippen molar-refractivity contribution in [3.63, 3.8) is 0 Å². The molecule has 2 aliphatic heterocycles. The van der Waals surface area contributed by atoms with E-state index in [0.717, 1.165) is 38.6 Å². The quantitative estimate of drug-likeness (QED) is 0.744. The van der Waals surface area contributed by atoms with Crippen molar-refractivity contribution in [2.24, 2.45) is 4.99 Å². The summed E-state index contributed by atoms with van der Waals surface area (Å²) >= 11 is 0. The average Bonchev–Trinajstić information content (AvgIpc) is 2.83. The van der Waals surface area contributed by atoms with Crippen LogP contribution in [0.5, 0.6) is 0 Å². The van der Waals surface area contributed by atoms with Gasteiger partial charge in [0, 0.05) is 12.5 Å². The molecule has 2 rings (SSSR count). The summed E-state index contributed by atoms with van der Waals surface area (Å²) in [6.45, 7) is 5.65. The Morgan fingerprint density at radius 3 is 2.95 bits per heavy atom. The van der Waals surface area contributed by atoms with Gasteiger partial charge >= 0.3 is 0 Å². The van der Waals surface area contributed by atoms with Gasteiger partial charge in [-0.1, -0.05) is 20.3 Å². The van der Waals surface area contributed by atoms with Crippen LogP contribution in [0.4, 0.5) is 0 Å². The normalized spacial score (nSPS) is 32.6. The van der Waals surface area contributed by atoms with Gasteiger partial charge in [-0.2, -0.15) is 0 Å². The van der Waals surface area contributed by atoms with Gasteiger partial charge in [-0.3, -0.25) is 9.79 Å². The summed E-state index contributed by atoms with van der Waals surface area (Å²) in [6.07, 6.45) is 6.90. The first-order valence-electron chi connectivity index (χ1n) is 8.37. The lowest BCUT2D eigenvalue weighted by Gasteiger charge is -2.30. The molecule has 2 heterocycles. The highest BCUT2D eigenvalue weighted by Crippen LogP contribution is 2.21. The van der Waals surface area contributed by atoms with E-state index in [1.807, 2.05) is 6.34 Å². The molecule has 1 saturated heterocycles. The summed E-state index contributed by atoms with van der Waals surface area (Å²) < 4.78 is 0. The molecule has 0 aliphatic carbocycles. The van der Waals surface area contributed by atoms with E-state index in [1.54, 1.807) is 0 Å². The van der Waals surface area contributed by atoms with Gasteiger partial charge in [0.25, 0.3) is 0 Å². The van der Waals surface area contributed by atoms with Crippen molar-refractivity contribution in [1.29, 1.82) is 0 Å². The summed E-state index contributed by atoms with van der Waals surface area (Å²) in [5, 5.41) is 13.2. The molecule has 120 valence electrons. The van der Waals surface area contributed by atoms with E-state index in [9.17, 15) is 9.90 Å². The Balaban J connectivity index is 1.83. The summed E-state index contributed by atoms with van der Waals surface area (Å²) in [4.78, 5) is 18.9. The fourth-order valence-electron chi connectivity index (χ4n) is 3.46. The molecule has 0 saturated carbocycles. The van der Waals surface area contributed by atoms with Gasteiger partial charge in [0.2, 0.25) is 0 Å². The SMILES string of the molecule is CCCC1N=CN(CC(=O)C[C@H]2NCCC[C@@H]2O)C1CC. The Morgan fingerprint density at radius 2 is 2.29 bits per heavy atom. The van der Waals surface area contributed by atoms with Crippen LogP contribution >= 0.6 is 0 Å². The Hall–Kier alpha value is -0.940. The van der Waals surface area contributed by atoms with Crippen LogP contribution in [-0.4, -0.2) is 59.4 Å². The van der Waals surface area contributed by atoms with Crippen LogP contribution in [0.2, 0.25) is 0 Å². The highest BCUT2D eigenvalue weighted by atomic mass is 16.3. The van der Waals surface area contributed by atoms with E-state index in [-0.39, 0.29) is 17.9 Å². The second kappa shape index (κ2) is 7.90. The van der Waals surface area contributed by atoms with Crippen molar-refractivity contribution in [2.45, 2.75) is 76.6 Å². The van der Waals surface area contributed by atoms with E-state index < -0.39 is 0 Å². The maximum atomic E-state index is 12.3. The van der Waals surface area contributed by atoms with Crippen molar-refractivity contribution < 1.29 is 9.90 Å². The first kappa shape index (κ1) is 16.4. The number of nitrogens with one attached hydrogen (secondary N) is 1. The number of Topliss-reactive ketones (excluding diaryl/α,β-unsaturated/α-hetero) is 1. The molecule has 0 bridgehead atoms. The van der Waals surface area contributed by atoms with Gasteiger partial charge in [-0.05, 0) is 32.2 Å². The van der Waals surface area contributed by atoms with E-state index >= 15 is 0 Å². The molecule has 0 spiro atoms. The number of hydrogen-bond donors (Lipinski definition) is 2. The molecular formula is C16H29N3O2. The van der Waals surface area contributed by atoms with Gasteiger partial charge in [0.15, 0.2) is 5.78 Å². The number of aliphatic hydroxyl groups is 1. The predicted octanol–water partition coefficient (Wildman–Crippen LogP) is 1.35. The standard InChI is InChI=1S/C16H29N3O2/c1-3-6-13-15(4-2)19(11-18-13)10-12(20)9-14-16(21)7-5-8-17-14/h11,13-17,21H,3-10H2,1-2H3/t13?,14-,15?,16+/m1/s1. The van der Waals surface area contributed by atoms with Gasteiger partial charge in [0.1, 0.15) is 0 Å². The van der Waals surface area contributed by atoms with Crippen LogP contribution in [0, 0.1) is 0 Å². The monoisotopic (exact) mass is 295 g/mol. The Kier molecular flexibility index (Phi) is 6.18. The molecule has 1 fully saturated rings. The molecule has 0 aromatic carbocycles. The van der Waals surface area contributed by atoms with Crippen LogP contribution in [0.15, 0.2) is 4.99 Å². The minimum Gasteiger partial charge on any atom is -0.391 e. The second-order valence-corrected chi connectivity index (χ2v) is 6.28. The largest absolute Gasteiger partial charge is 0.391 e. The van der Waals surface area contributed by atoms with Gasteiger partial charge < -0.3 is 15.3 Å². The molecule has 0 amide bonds. The fraction of sp³-hybridized carbons (Fsp3) is 0.875. The molecule has 21 heavy (non-hydrogen) atoms. The number of hydrogen-bond acceptors (Lipinski definition) is 5. The van der Waals surface area contributed by atoms with Gasteiger partial charge in [0.05, 0.1) is 31.1 Å². The number of carbonyl (C=O) groups is 1. The third kappa shape index (κ3) is 4.27. The number of nitrogens with zero attached hydrogens (tertiary/aromatic N) is 2. The number of rotatable bonds is 7. The molecule has 5 nitrogen and oxygen atoms in total. The number of ketones is 1. The Bertz CT molecular complexity index is 373. The number of piperidine rings is 1. The highest BCUT2D eigenvalue weighted by Gasteiger charge is 2.31. The first-order valence-corrected chi connectivity index (χ1v) is 8.37. The smallest absolute Gasteiger partial charge is 0.153 e. The van der Waals surface area contributed by atoms with Crippen LogP contribution in [-0.2, 0) is 4.79 Å². The highest BCUT2D eigenvalue weighted by molar-refractivity contribution is 5.83. The molecular weight excluding hydrogens is 266 g/mol. The number of carbonyl (C=O) groups excluding carboxylic acids is 1. The first-order chi connectivity index (χ1) is 10.2. The minimum absolute atomic E-state index is 0.0719. The van der Waals surface area contributed by atoms with Crippen LogP contribution in [0.1, 0.15) is 52.4 Å². The minimum atomic E-state index is -0.384. The zero-order chi connectivity index (χ0) is 15.2. The molecule has 4 atom stereocenters. The molecule has 2 unspecified atom stereocenters. The number of aliphatic imine (C=N–C) groups is 1. The van der Waals surface area contributed by atoms with E-state index in [2.05, 4.69) is 29.1 Å². The third-order valence-electron chi connectivity index (χ3n) is 4.63. The van der Waals surface area contributed by atoms with E-state index in [0.29, 0.717) is 25.0 Å². The molecule has 5 heteroatoms. The van der Waals surface area contributed by atoms with Gasteiger partial charge in [-0.25, -0.2) is 0 Å². The number of aliphatic hydroxyl groups excluding tert-OH is 1. The lowest BCUT2D eigenvalue weighted by molar-refractivity contribution is -0.121. The average molecular weight is 295 g/mol. The van der Waals surface area contributed by atoms with Crippen molar-refractivity contribution >= 4 is 12.1 Å². The van der Waals surface area contributed by atoms with Crippen molar-refractivity contribution in [2.75, 3.05) is 13.1 Å². The van der Waals surface area contributed by atoms with E-state index in [1.165, 1.54) is 0 Å². The molecule has 2 aliphatic rings. The lowest BCUT2D eigenvalue weighted by atomic mass is 9.96.